The number of nitrogens with zero attached hydrogens (tertiary/aromatic N) is 4. The molecule has 0 atom stereocenters. The number of hydrogen-bond donors (Lipinski definition) is 2. The molecule has 0 spiro atoms. The minimum absolute atomic E-state index is 0.0188. The molecule has 4 aromatic rings. The number of imidazole rings is 1. The van der Waals surface area contributed by atoms with Crippen LogP contribution >= 0.6 is 0 Å². The SMILES string of the molecule is O=C(C1=C(F)CCC=C1F)c1c[nH]c2c(=O)n(Cc3nc4ncc(C(=O)N5CCOCC5)cc4[nH]3)ccc12. The molecule has 12 heteroatoms. The second kappa shape index (κ2) is 9.45. The largest absolute Gasteiger partial charge is 0.378 e. The molecule has 1 aliphatic heterocycles. The topological polar surface area (TPSA) is 126 Å². The first-order valence-electron chi connectivity index (χ1n) is 12.1. The number of morpholine rings is 1. The number of ether oxygens (including phenoxy) is 1. The maximum absolute atomic E-state index is 14.2. The number of carbonyl (C=O) groups excluding carboxylic acids is 2. The highest BCUT2D eigenvalue weighted by molar-refractivity contribution is 6.18. The van der Waals surface area contributed by atoms with Crippen molar-refractivity contribution < 1.29 is 23.1 Å². The molecule has 1 aliphatic carbocycles. The van der Waals surface area contributed by atoms with Gasteiger partial charge in [0.15, 0.2) is 5.65 Å². The lowest BCUT2D eigenvalue weighted by molar-refractivity contribution is 0.0302. The summed E-state index contributed by atoms with van der Waals surface area (Å²) in [4.78, 5) is 55.1. The molecule has 2 aliphatic rings. The second-order valence-electron chi connectivity index (χ2n) is 9.12. The van der Waals surface area contributed by atoms with Gasteiger partial charge in [-0.2, -0.15) is 0 Å². The molecule has 0 unspecified atom stereocenters. The number of fused-ring (bicyclic) bond motifs is 2. The molecule has 0 aromatic carbocycles. The summed E-state index contributed by atoms with van der Waals surface area (Å²) in [6.45, 7) is 2.08. The van der Waals surface area contributed by atoms with E-state index in [-0.39, 0.29) is 41.8 Å². The molecule has 194 valence electrons. The number of hydrogen-bond acceptors (Lipinski definition) is 6. The number of rotatable bonds is 5. The predicted octanol–water partition coefficient (Wildman–Crippen LogP) is 3.18. The van der Waals surface area contributed by atoms with Gasteiger partial charge >= 0.3 is 0 Å². The van der Waals surface area contributed by atoms with Gasteiger partial charge in [-0.15, -0.1) is 0 Å². The third kappa shape index (κ3) is 4.12. The predicted molar refractivity (Wildman–Crippen MR) is 133 cm³/mol. The van der Waals surface area contributed by atoms with E-state index in [4.69, 9.17) is 4.74 Å². The fraction of sp³-hybridized carbons (Fsp3) is 0.269. The van der Waals surface area contributed by atoms with Crippen molar-refractivity contribution in [3.8, 4) is 0 Å². The van der Waals surface area contributed by atoms with Gasteiger partial charge < -0.3 is 24.2 Å². The van der Waals surface area contributed by atoms with Gasteiger partial charge in [-0.1, -0.05) is 0 Å². The molecule has 6 rings (SSSR count). The number of aromatic nitrogens is 5. The van der Waals surface area contributed by atoms with Crippen LogP contribution in [0.25, 0.3) is 22.1 Å². The monoisotopic (exact) mass is 520 g/mol. The molecule has 1 fully saturated rings. The number of nitrogens with one attached hydrogen (secondary N) is 2. The van der Waals surface area contributed by atoms with Crippen LogP contribution in [0.5, 0.6) is 0 Å². The molecule has 38 heavy (non-hydrogen) atoms. The van der Waals surface area contributed by atoms with Gasteiger partial charge in [0.1, 0.15) is 23.0 Å². The lowest BCUT2D eigenvalue weighted by Gasteiger charge is -2.26. The minimum Gasteiger partial charge on any atom is -0.378 e. The second-order valence-corrected chi connectivity index (χ2v) is 9.12. The molecular formula is C26H22F2N6O4. The third-order valence-corrected chi connectivity index (χ3v) is 6.74. The standard InChI is InChI=1S/C26H22F2N6O4/c27-17-2-1-3-18(28)21(17)23(35)16-12-29-22-15(16)4-5-34(26(22)37)13-20-31-19-10-14(11-30-24(19)32-20)25(36)33-6-8-38-9-7-33/h2,4-5,10-12,29H,1,3,6-9,13H2,(H,30,31,32). The highest BCUT2D eigenvalue weighted by atomic mass is 19.1. The van der Waals surface area contributed by atoms with Crippen molar-refractivity contribution in [3.63, 3.8) is 0 Å². The number of carbonyl (C=O) groups is 2. The van der Waals surface area contributed by atoms with E-state index in [9.17, 15) is 23.2 Å². The van der Waals surface area contributed by atoms with Crippen LogP contribution in [-0.2, 0) is 11.3 Å². The van der Waals surface area contributed by atoms with Crippen LogP contribution in [0.1, 0.15) is 39.4 Å². The summed E-state index contributed by atoms with van der Waals surface area (Å²) in [5.74, 6) is -2.21. The summed E-state index contributed by atoms with van der Waals surface area (Å²) in [5.41, 5.74) is 0.495. The van der Waals surface area contributed by atoms with E-state index in [1.54, 1.807) is 17.0 Å². The van der Waals surface area contributed by atoms with Gasteiger partial charge in [-0.3, -0.25) is 14.4 Å². The Kier molecular flexibility index (Phi) is 5.95. The Hall–Kier alpha value is -4.45. The molecule has 4 aromatic heterocycles. The molecule has 0 bridgehead atoms. The lowest BCUT2D eigenvalue weighted by Crippen LogP contribution is -2.40. The van der Waals surface area contributed by atoms with E-state index in [1.165, 1.54) is 29.2 Å². The van der Waals surface area contributed by atoms with Gasteiger partial charge in [-0.05, 0) is 24.6 Å². The van der Waals surface area contributed by atoms with Gasteiger partial charge in [0.2, 0.25) is 5.78 Å². The van der Waals surface area contributed by atoms with Crippen LogP contribution in [0.2, 0.25) is 0 Å². The Morgan fingerprint density at radius 2 is 2.00 bits per heavy atom. The number of allylic oxidation sites excluding steroid dienone is 4. The number of H-pyrrole nitrogens is 2. The zero-order valence-corrected chi connectivity index (χ0v) is 20.1. The van der Waals surface area contributed by atoms with E-state index in [0.29, 0.717) is 48.9 Å². The van der Waals surface area contributed by atoms with Crippen LogP contribution in [-0.4, -0.2) is 67.4 Å². The number of ketones is 1. The Bertz CT molecular complexity index is 1720. The van der Waals surface area contributed by atoms with Gasteiger partial charge in [0.25, 0.3) is 11.5 Å². The first kappa shape index (κ1) is 23.9. The maximum Gasteiger partial charge on any atom is 0.275 e. The molecule has 2 N–H and O–H groups in total. The van der Waals surface area contributed by atoms with E-state index in [1.807, 2.05) is 0 Å². The maximum atomic E-state index is 14.2. The number of amides is 1. The summed E-state index contributed by atoms with van der Waals surface area (Å²) in [5, 5.41) is 0.271. The molecule has 10 nitrogen and oxygen atoms in total. The summed E-state index contributed by atoms with van der Waals surface area (Å²) in [6.07, 6.45) is 5.58. The zero-order valence-electron chi connectivity index (χ0n) is 20.1. The van der Waals surface area contributed by atoms with Gasteiger partial charge in [-0.25, -0.2) is 18.7 Å². The average molecular weight is 520 g/mol. The fourth-order valence-corrected chi connectivity index (χ4v) is 4.77. The van der Waals surface area contributed by atoms with E-state index >= 15 is 0 Å². The Morgan fingerprint density at radius 1 is 1.18 bits per heavy atom. The van der Waals surface area contributed by atoms with Crippen LogP contribution in [0.4, 0.5) is 8.78 Å². The molecule has 0 saturated carbocycles. The van der Waals surface area contributed by atoms with Crippen LogP contribution < -0.4 is 5.56 Å². The lowest BCUT2D eigenvalue weighted by atomic mass is 9.96. The Morgan fingerprint density at radius 3 is 2.79 bits per heavy atom. The molecule has 0 radical (unpaired) electrons. The van der Waals surface area contributed by atoms with Gasteiger partial charge in [0, 0.05) is 49.1 Å². The number of pyridine rings is 2. The van der Waals surface area contributed by atoms with Crippen molar-refractivity contribution in [2.45, 2.75) is 19.4 Å². The molecule has 1 saturated heterocycles. The van der Waals surface area contributed by atoms with Crippen molar-refractivity contribution in [1.82, 2.24) is 29.4 Å². The number of Topliss-reactive ketones (excluding diaryl/α,β-unsaturated/α-hetero) is 1. The minimum atomic E-state index is -0.894. The van der Waals surface area contributed by atoms with E-state index < -0.39 is 28.6 Å². The number of halogens is 2. The fourth-order valence-electron chi connectivity index (χ4n) is 4.77. The quantitative estimate of drug-likeness (QED) is 0.390. The van der Waals surface area contributed by atoms with Crippen molar-refractivity contribution >= 4 is 33.8 Å². The highest BCUT2D eigenvalue weighted by Crippen LogP contribution is 2.31. The molecule has 1 amide bonds. The Labute approximate surface area is 213 Å². The molecular weight excluding hydrogens is 498 g/mol. The number of aromatic amines is 2. The van der Waals surface area contributed by atoms with Crippen LogP contribution in [0.15, 0.2) is 58.8 Å². The summed E-state index contributed by atoms with van der Waals surface area (Å²) in [7, 11) is 0. The van der Waals surface area contributed by atoms with Crippen molar-refractivity contribution in [3.05, 3.63) is 81.3 Å². The van der Waals surface area contributed by atoms with E-state index in [0.717, 1.165) is 0 Å². The molecule has 5 heterocycles. The van der Waals surface area contributed by atoms with E-state index in [2.05, 4.69) is 19.9 Å². The normalized spacial score (nSPS) is 16.4. The first-order valence-corrected chi connectivity index (χ1v) is 12.1. The van der Waals surface area contributed by atoms with Crippen LogP contribution in [0.3, 0.4) is 0 Å². The summed E-state index contributed by atoms with van der Waals surface area (Å²) in [6, 6.07) is 3.22. The average Bonchev–Trinajstić information content (AvgIpc) is 3.54. The van der Waals surface area contributed by atoms with Crippen molar-refractivity contribution in [2.24, 2.45) is 0 Å². The smallest absolute Gasteiger partial charge is 0.275 e. The summed E-state index contributed by atoms with van der Waals surface area (Å²) >= 11 is 0. The van der Waals surface area contributed by atoms with Crippen LogP contribution in [0, 0.1) is 0 Å². The zero-order chi connectivity index (χ0) is 26.4. The summed E-state index contributed by atoms with van der Waals surface area (Å²) < 4.78 is 35.1. The Balaban J connectivity index is 1.27. The van der Waals surface area contributed by atoms with Gasteiger partial charge in [0.05, 0.1) is 36.4 Å². The first-order chi connectivity index (χ1) is 18.4. The third-order valence-electron chi connectivity index (χ3n) is 6.74. The highest BCUT2D eigenvalue weighted by Gasteiger charge is 2.27. The van der Waals surface area contributed by atoms with Crippen molar-refractivity contribution in [2.75, 3.05) is 26.3 Å². The van der Waals surface area contributed by atoms with Crippen molar-refractivity contribution in [1.29, 1.82) is 0 Å².